The number of aliphatic imine (C=N–C) groups is 1. The molecule has 7 heteroatoms. The van der Waals surface area contributed by atoms with E-state index >= 15 is 0 Å². The van der Waals surface area contributed by atoms with Crippen molar-refractivity contribution in [2.24, 2.45) is 16.6 Å². The topological polar surface area (TPSA) is 67.9 Å². The molecule has 1 heterocycles. The highest BCUT2D eigenvalue weighted by atomic mass is 19.1. The summed E-state index contributed by atoms with van der Waals surface area (Å²) < 4.78 is 19.2. The van der Waals surface area contributed by atoms with Crippen LogP contribution >= 0.6 is 0 Å². The van der Waals surface area contributed by atoms with E-state index in [1.54, 1.807) is 7.05 Å². The summed E-state index contributed by atoms with van der Waals surface area (Å²) in [5, 5.41) is 0. The van der Waals surface area contributed by atoms with Gasteiger partial charge in [0.05, 0.1) is 0 Å². The molecule has 0 aromatic heterocycles. The van der Waals surface area contributed by atoms with Crippen LogP contribution in [0.5, 0.6) is 5.75 Å². The van der Waals surface area contributed by atoms with Crippen LogP contribution in [-0.2, 0) is 4.79 Å². The minimum Gasteiger partial charge on any atom is -0.491 e. The number of ether oxygens (including phenoxy) is 1. The molecule has 1 aliphatic heterocycles. The molecule has 2 radical (unpaired) electrons. The van der Waals surface area contributed by atoms with E-state index in [-0.39, 0.29) is 24.2 Å². The molecule has 1 amide bonds. The smallest absolute Gasteiger partial charge is 0.260 e. The normalized spacial score (nSPS) is 24.5. The first-order chi connectivity index (χ1) is 11.9. The van der Waals surface area contributed by atoms with Gasteiger partial charge in [0.25, 0.3) is 5.91 Å². The first-order valence-corrected chi connectivity index (χ1v) is 8.72. The molecule has 5 nitrogen and oxygen atoms in total. The van der Waals surface area contributed by atoms with E-state index in [2.05, 4.69) is 4.99 Å². The van der Waals surface area contributed by atoms with Crippen molar-refractivity contribution in [2.75, 3.05) is 13.7 Å². The van der Waals surface area contributed by atoms with E-state index < -0.39 is 11.4 Å². The van der Waals surface area contributed by atoms with Gasteiger partial charge in [-0.1, -0.05) is 43.6 Å². The Labute approximate surface area is 148 Å². The van der Waals surface area contributed by atoms with E-state index in [0.717, 1.165) is 12.8 Å². The third-order valence-corrected chi connectivity index (χ3v) is 5.17. The zero-order valence-corrected chi connectivity index (χ0v) is 14.5. The maximum absolute atomic E-state index is 13.5. The van der Waals surface area contributed by atoms with Crippen molar-refractivity contribution in [3.05, 3.63) is 24.0 Å². The van der Waals surface area contributed by atoms with Crippen molar-refractivity contribution in [1.29, 1.82) is 0 Å². The van der Waals surface area contributed by atoms with E-state index in [0.29, 0.717) is 17.8 Å². The molecular formula is C18H23BFN3O2. The minimum absolute atomic E-state index is 0.00102. The lowest BCUT2D eigenvalue weighted by atomic mass is 9.79. The fourth-order valence-electron chi connectivity index (χ4n) is 3.74. The van der Waals surface area contributed by atoms with Gasteiger partial charge in [-0.05, 0) is 18.4 Å². The van der Waals surface area contributed by atoms with E-state index in [1.165, 1.54) is 42.4 Å². The van der Waals surface area contributed by atoms with Crippen LogP contribution in [0.25, 0.3) is 0 Å². The predicted molar refractivity (Wildman–Crippen MR) is 95.6 cm³/mol. The summed E-state index contributed by atoms with van der Waals surface area (Å²) in [6, 6.07) is 3.93. The van der Waals surface area contributed by atoms with Crippen molar-refractivity contribution in [3.8, 4) is 5.75 Å². The molecule has 25 heavy (non-hydrogen) atoms. The van der Waals surface area contributed by atoms with Crippen LogP contribution in [0.4, 0.5) is 4.39 Å². The van der Waals surface area contributed by atoms with Gasteiger partial charge < -0.3 is 10.5 Å². The number of benzene rings is 1. The number of amides is 1. The Hall–Kier alpha value is -2.05. The highest BCUT2D eigenvalue weighted by Gasteiger charge is 2.48. The maximum Gasteiger partial charge on any atom is 0.260 e. The number of hydrogen-bond donors (Lipinski definition) is 1. The SMILES string of the molecule is [B]c1ccc(F)cc1OCC1(CC2CCCCC2)N=C(N)N(C)C1=O. The lowest BCUT2D eigenvalue weighted by Gasteiger charge is -2.31. The summed E-state index contributed by atoms with van der Waals surface area (Å²) in [6.07, 6.45) is 6.32. The van der Waals surface area contributed by atoms with Crippen molar-refractivity contribution in [3.63, 3.8) is 0 Å². The van der Waals surface area contributed by atoms with Crippen LogP contribution in [0.2, 0.25) is 0 Å². The fraction of sp³-hybridized carbons (Fsp3) is 0.556. The Kier molecular flexibility index (Phi) is 5.02. The molecule has 1 unspecified atom stereocenters. The number of hydrogen-bond acceptors (Lipinski definition) is 4. The number of guanidine groups is 1. The van der Waals surface area contributed by atoms with E-state index in [1.807, 2.05) is 0 Å². The predicted octanol–water partition coefficient (Wildman–Crippen LogP) is 1.49. The number of halogens is 1. The lowest BCUT2D eigenvalue weighted by molar-refractivity contribution is -0.132. The molecule has 2 N–H and O–H groups in total. The van der Waals surface area contributed by atoms with Crippen LogP contribution in [0.3, 0.4) is 0 Å². The van der Waals surface area contributed by atoms with Crippen LogP contribution in [0.1, 0.15) is 38.5 Å². The Morgan fingerprint density at radius 2 is 2.12 bits per heavy atom. The van der Waals surface area contributed by atoms with Crippen molar-refractivity contribution in [2.45, 2.75) is 44.1 Å². The second-order valence-electron chi connectivity index (χ2n) is 7.04. The molecule has 2 aliphatic rings. The van der Waals surface area contributed by atoms with Crippen molar-refractivity contribution < 1.29 is 13.9 Å². The summed E-state index contributed by atoms with van der Waals surface area (Å²) in [7, 11) is 7.45. The Morgan fingerprint density at radius 1 is 1.40 bits per heavy atom. The van der Waals surface area contributed by atoms with Crippen LogP contribution in [0.15, 0.2) is 23.2 Å². The van der Waals surface area contributed by atoms with Gasteiger partial charge in [0, 0.05) is 13.1 Å². The molecular weight excluding hydrogens is 320 g/mol. The van der Waals surface area contributed by atoms with Crippen molar-refractivity contribution in [1.82, 2.24) is 4.90 Å². The second kappa shape index (κ2) is 7.06. The molecule has 1 aliphatic carbocycles. The number of carbonyl (C=O) groups excluding carboxylic acids is 1. The first-order valence-electron chi connectivity index (χ1n) is 8.72. The highest BCUT2D eigenvalue weighted by Crippen LogP contribution is 2.36. The monoisotopic (exact) mass is 343 g/mol. The number of nitrogens with zero attached hydrogens (tertiary/aromatic N) is 2. The van der Waals surface area contributed by atoms with Gasteiger partial charge >= 0.3 is 0 Å². The Balaban J connectivity index is 1.81. The molecule has 1 saturated carbocycles. The minimum atomic E-state index is -1.06. The van der Waals surface area contributed by atoms with Gasteiger partial charge in [-0.15, -0.1) is 0 Å². The van der Waals surface area contributed by atoms with Gasteiger partial charge in [0.1, 0.15) is 26.0 Å². The summed E-state index contributed by atoms with van der Waals surface area (Å²) in [5.74, 6) is 0.207. The van der Waals surface area contributed by atoms with Gasteiger partial charge in [-0.2, -0.15) is 0 Å². The molecule has 1 aromatic carbocycles. The Morgan fingerprint density at radius 3 is 2.76 bits per heavy atom. The van der Waals surface area contributed by atoms with Crippen LogP contribution in [0, 0.1) is 11.7 Å². The second-order valence-corrected chi connectivity index (χ2v) is 7.04. The molecule has 3 rings (SSSR count). The summed E-state index contributed by atoms with van der Waals surface area (Å²) in [6.45, 7) is 0.00102. The third kappa shape index (κ3) is 3.65. The lowest BCUT2D eigenvalue weighted by Crippen LogP contribution is -2.47. The number of nitrogens with two attached hydrogens (primary N) is 1. The zero-order valence-electron chi connectivity index (χ0n) is 14.5. The quantitative estimate of drug-likeness (QED) is 0.824. The van der Waals surface area contributed by atoms with E-state index in [9.17, 15) is 9.18 Å². The zero-order chi connectivity index (χ0) is 18.0. The first kappa shape index (κ1) is 17.8. The maximum atomic E-state index is 13.5. The van der Waals surface area contributed by atoms with Gasteiger partial charge in [0.15, 0.2) is 11.5 Å². The molecule has 1 aromatic rings. The number of rotatable bonds is 5. The highest BCUT2D eigenvalue weighted by molar-refractivity contribution is 6.34. The number of likely N-dealkylation sites (N-methyl/N-ethyl adjacent to an activating group) is 1. The van der Waals surface area contributed by atoms with E-state index in [4.69, 9.17) is 18.3 Å². The fourth-order valence-corrected chi connectivity index (χ4v) is 3.74. The van der Waals surface area contributed by atoms with Crippen LogP contribution in [-0.4, -0.2) is 43.8 Å². The summed E-state index contributed by atoms with van der Waals surface area (Å²) in [5.41, 5.74) is 5.16. The third-order valence-electron chi connectivity index (χ3n) is 5.17. The standard InChI is InChI=1S/C18H23BFN3O2/c1-23-16(24)18(22-17(23)21,10-12-5-3-2-4-6-12)11-25-15-9-13(20)7-8-14(15)19/h7-9,12H,2-6,10-11H2,1H3,(H2,21,22). The van der Waals surface area contributed by atoms with Crippen molar-refractivity contribution >= 4 is 25.2 Å². The van der Waals surface area contributed by atoms with Gasteiger partial charge in [-0.3, -0.25) is 9.69 Å². The average Bonchev–Trinajstić information content (AvgIpc) is 2.81. The average molecular weight is 343 g/mol. The molecule has 1 fully saturated rings. The van der Waals surface area contributed by atoms with Crippen LogP contribution < -0.4 is 15.9 Å². The molecule has 0 saturated heterocycles. The molecule has 1 atom stereocenters. The number of carbonyl (C=O) groups is 1. The Bertz CT molecular complexity index is 691. The summed E-state index contributed by atoms with van der Waals surface area (Å²) in [4.78, 5) is 18.6. The largest absolute Gasteiger partial charge is 0.491 e. The van der Waals surface area contributed by atoms with Gasteiger partial charge in [-0.25, -0.2) is 9.38 Å². The molecule has 0 spiro atoms. The van der Waals surface area contributed by atoms with Gasteiger partial charge in [0.2, 0.25) is 0 Å². The summed E-state index contributed by atoms with van der Waals surface area (Å²) >= 11 is 0. The molecule has 0 bridgehead atoms. The molecule has 132 valence electrons.